The quantitative estimate of drug-likeness (QED) is 0.169. The van der Waals surface area contributed by atoms with E-state index in [0.717, 1.165) is 17.2 Å². The summed E-state index contributed by atoms with van der Waals surface area (Å²) < 4.78 is 66.8. The van der Waals surface area contributed by atoms with Crippen molar-refractivity contribution in [1.29, 1.82) is 0 Å². The maximum Gasteiger partial charge on any atom is 0.417 e. The predicted molar refractivity (Wildman–Crippen MR) is 153 cm³/mol. The Bertz CT molecular complexity index is 1970. The van der Waals surface area contributed by atoms with Crippen LogP contribution >= 0.6 is 0 Å². The molecule has 3 aliphatic carbocycles. The summed E-state index contributed by atoms with van der Waals surface area (Å²) in [6, 6.07) is 19.2. The Hall–Kier alpha value is -5.19. The minimum absolute atomic E-state index is 0.0202. The number of rotatable bonds is 7. The Labute approximate surface area is 259 Å². The van der Waals surface area contributed by atoms with E-state index in [-0.39, 0.29) is 78.4 Å². The van der Waals surface area contributed by atoms with Crippen molar-refractivity contribution in [2.24, 2.45) is 11.8 Å². The van der Waals surface area contributed by atoms with Gasteiger partial charge in [-0.1, -0.05) is 60.7 Å². The zero-order chi connectivity index (χ0) is 31.8. The molecular formula is C35H24F3NO7. The van der Waals surface area contributed by atoms with Crippen molar-refractivity contribution >= 4 is 17.9 Å². The number of aromatic nitrogens is 1. The summed E-state index contributed by atoms with van der Waals surface area (Å²) in [6.45, 7) is 0.105. The van der Waals surface area contributed by atoms with Gasteiger partial charge in [-0.25, -0.2) is 0 Å². The third-order valence-corrected chi connectivity index (χ3v) is 9.30. The Morgan fingerprint density at radius 1 is 0.935 bits per heavy atom. The highest BCUT2D eigenvalue weighted by molar-refractivity contribution is 6.18. The monoisotopic (exact) mass is 627 g/mol. The maximum absolute atomic E-state index is 14.5. The van der Waals surface area contributed by atoms with E-state index in [0.29, 0.717) is 5.76 Å². The largest absolute Gasteiger partial charge is 0.488 e. The highest BCUT2D eigenvalue weighted by Crippen LogP contribution is 2.63. The summed E-state index contributed by atoms with van der Waals surface area (Å²) >= 11 is 0. The molecule has 1 aromatic heterocycles. The molecule has 2 heterocycles. The van der Waals surface area contributed by atoms with Crippen LogP contribution in [0.5, 0.6) is 11.6 Å². The third-order valence-electron chi connectivity index (χ3n) is 9.30. The van der Waals surface area contributed by atoms with Gasteiger partial charge in [0.05, 0.1) is 11.1 Å². The highest BCUT2D eigenvalue weighted by atomic mass is 19.4. The van der Waals surface area contributed by atoms with Gasteiger partial charge in [-0.05, 0) is 46.7 Å². The number of Topliss-reactive ketones (excluding diaryl/α,β-unsaturated/α-hetero) is 2. The van der Waals surface area contributed by atoms with Gasteiger partial charge < -0.3 is 18.7 Å². The maximum atomic E-state index is 14.5. The average Bonchev–Trinajstić information content (AvgIpc) is 3.68. The standard InChI is InChI=1S/C35H24F3NO7/c36-35(37,38)29-21(15-40)13-24(43-16-18-7-3-1-4-8-18)27-23(29)12-20-11-22-14-25-28(31(42)34(22)32(45-34)26(20)30(27)41)33(39-46-25)44-17-19-9-5-2-6-10-19/h1-10,13,15,20,22H,11-12,14,16-17H2/t20?,22-,34+/m0/s1. The molecule has 232 valence electrons. The number of hydrogen-bond acceptors (Lipinski definition) is 8. The molecule has 0 amide bonds. The number of carbonyl (C=O) groups is 3. The number of hydrogen-bond donors (Lipinski definition) is 0. The first-order valence-corrected chi connectivity index (χ1v) is 14.8. The number of halogens is 3. The molecule has 4 aromatic rings. The van der Waals surface area contributed by atoms with Gasteiger partial charge in [0.2, 0.25) is 11.4 Å². The number of aldehydes is 1. The molecule has 8 nitrogen and oxygen atoms in total. The summed E-state index contributed by atoms with van der Waals surface area (Å²) in [5.41, 5.74) is -1.85. The Morgan fingerprint density at radius 2 is 1.61 bits per heavy atom. The average molecular weight is 628 g/mol. The van der Waals surface area contributed by atoms with Gasteiger partial charge >= 0.3 is 6.18 Å². The molecule has 1 saturated heterocycles. The number of epoxide rings is 1. The van der Waals surface area contributed by atoms with Crippen LogP contribution in [-0.4, -0.2) is 28.6 Å². The van der Waals surface area contributed by atoms with Gasteiger partial charge in [0.25, 0.3) is 5.88 Å². The SMILES string of the molecule is O=Cc1cc(OCc2ccccc2)c2c(c1C(F)(F)F)CC1C[C@H]3Cc4onc(OCc5ccccc5)c4C(=O)[C@]34OC4=C1C2=O. The molecule has 1 unspecified atom stereocenters. The molecule has 0 saturated carbocycles. The lowest BCUT2D eigenvalue weighted by Gasteiger charge is -2.36. The molecule has 11 heteroatoms. The van der Waals surface area contributed by atoms with Crippen LogP contribution in [0.4, 0.5) is 13.2 Å². The molecule has 0 N–H and O–H groups in total. The summed E-state index contributed by atoms with van der Waals surface area (Å²) in [5.74, 6) is -1.95. The Balaban J connectivity index is 1.19. The van der Waals surface area contributed by atoms with Gasteiger partial charge in [-0.15, -0.1) is 0 Å². The van der Waals surface area contributed by atoms with E-state index in [1.54, 1.807) is 30.3 Å². The number of fused-ring (bicyclic) bond motifs is 3. The molecule has 1 aliphatic heterocycles. The fourth-order valence-electron chi connectivity index (χ4n) is 7.26. The molecule has 3 aromatic carbocycles. The molecule has 3 atom stereocenters. The van der Waals surface area contributed by atoms with Gasteiger partial charge in [-0.3, -0.25) is 14.4 Å². The summed E-state index contributed by atoms with van der Waals surface area (Å²) in [6.07, 6.45) is -4.53. The zero-order valence-electron chi connectivity index (χ0n) is 24.1. The van der Waals surface area contributed by atoms with Gasteiger partial charge in [0, 0.05) is 23.5 Å². The molecule has 0 radical (unpaired) electrons. The number of benzene rings is 3. The van der Waals surface area contributed by atoms with E-state index in [2.05, 4.69) is 5.16 Å². The summed E-state index contributed by atoms with van der Waals surface area (Å²) in [7, 11) is 0. The topological polar surface area (TPSA) is 108 Å². The first kappa shape index (κ1) is 28.3. The minimum Gasteiger partial charge on any atom is -0.488 e. The van der Waals surface area contributed by atoms with Crippen LogP contribution in [0.15, 0.2) is 82.6 Å². The molecule has 1 spiro atoms. The van der Waals surface area contributed by atoms with Crippen molar-refractivity contribution in [3.63, 3.8) is 0 Å². The highest BCUT2D eigenvalue weighted by Gasteiger charge is 2.72. The van der Waals surface area contributed by atoms with Crippen molar-refractivity contribution in [3.8, 4) is 11.6 Å². The van der Waals surface area contributed by atoms with Crippen molar-refractivity contribution in [2.45, 2.75) is 44.3 Å². The normalized spacial score (nSPS) is 22.5. The zero-order valence-corrected chi connectivity index (χ0v) is 24.1. The molecule has 4 aliphatic rings. The smallest absolute Gasteiger partial charge is 0.417 e. The van der Waals surface area contributed by atoms with E-state index in [9.17, 15) is 27.6 Å². The lowest BCUT2D eigenvalue weighted by molar-refractivity contribution is -0.138. The Kier molecular flexibility index (Phi) is 6.25. The third kappa shape index (κ3) is 4.21. The van der Waals surface area contributed by atoms with Crippen molar-refractivity contribution in [3.05, 3.63) is 123 Å². The van der Waals surface area contributed by atoms with E-state index in [1.807, 2.05) is 30.3 Å². The summed E-state index contributed by atoms with van der Waals surface area (Å²) in [4.78, 5) is 40.3. The fourth-order valence-corrected chi connectivity index (χ4v) is 7.26. The predicted octanol–water partition coefficient (Wildman–Crippen LogP) is 6.50. The number of alkyl halides is 3. The first-order valence-electron chi connectivity index (χ1n) is 14.8. The van der Waals surface area contributed by atoms with E-state index in [1.165, 1.54) is 0 Å². The van der Waals surface area contributed by atoms with Gasteiger partial charge in [0.1, 0.15) is 24.5 Å². The second-order valence-corrected chi connectivity index (χ2v) is 11.9. The van der Waals surface area contributed by atoms with Gasteiger partial charge in [-0.2, -0.15) is 13.2 Å². The van der Waals surface area contributed by atoms with Crippen LogP contribution in [0.3, 0.4) is 0 Å². The molecule has 0 bridgehead atoms. The van der Waals surface area contributed by atoms with Crippen LogP contribution in [0, 0.1) is 11.8 Å². The van der Waals surface area contributed by atoms with E-state index < -0.39 is 46.3 Å². The fraction of sp³-hybridized carbons (Fsp3) is 0.257. The van der Waals surface area contributed by atoms with Crippen LogP contribution in [-0.2, 0) is 37.0 Å². The van der Waals surface area contributed by atoms with Crippen LogP contribution in [0.1, 0.15) is 65.5 Å². The van der Waals surface area contributed by atoms with Crippen molar-refractivity contribution in [2.75, 3.05) is 0 Å². The Morgan fingerprint density at radius 3 is 2.26 bits per heavy atom. The van der Waals surface area contributed by atoms with E-state index in [4.69, 9.17) is 18.7 Å². The minimum atomic E-state index is -4.90. The number of carbonyl (C=O) groups excluding carboxylic acids is 3. The number of allylic oxidation sites excluding steroid dienone is 1. The van der Waals surface area contributed by atoms with Crippen LogP contribution in [0.25, 0.3) is 0 Å². The first-order chi connectivity index (χ1) is 22.2. The van der Waals surface area contributed by atoms with Gasteiger partial charge in [0.15, 0.2) is 23.6 Å². The van der Waals surface area contributed by atoms with Crippen LogP contribution in [0.2, 0.25) is 0 Å². The lowest BCUT2D eigenvalue weighted by atomic mass is 9.63. The second kappa shape index (κ2) is 10.2. The second-order valence-electron chi connectivity index (χ2n) is 11.9. The lowest BCUT2D eigenvalue weighted by Crippen LogP contribution is -2.44. The van der Waals surface area contributed by atoms with Crippen LogP contribution < -0.4 is 9.47 Å². The summed E-state index contributed by atoms with van der Waals surface area (Å²) in [5, 5.41) is 3.99. The molecule has 8 rings (SSSR count). The van der Waals surface area contributed by atoms with Crippen molar-refractivity contribution in [1.82, 2.24) is 5.16 Å². The molecule has 1 fully saturated rings. The van der Waals surface area contributed by atoms with E-state index >= 15 is 0 Å². The molecular weight excluding hydrogens is 603 g/mol. The number of ketones is 2. The molecule has 46 heavy (non-hydrogen) atoms. The van der Waals surface area contributed by atoms with Crippen molar-refractivity contribution < 1.29 is 46.3 Å². The number of ether oxygens (including phenoxy) is 3. The number of nitrogens with zero attached hydrogens (tertiary/aromatic N) is 1.